The van der Waals surface area contributed by atoms with E-state index in [1.165, 1.54) is 27.4 Å². The van der Waals surface area contributed by atoms with Gasteiger partial charge < -0.3 is 28.7 Å². The smallest absolute Gasteiger partial charge is 0.351 e. The van der Waals surface area contributed by atoms with Crippen LogP contribution in [0.5, 0.6) is 17.2 Å². The third kappa shape index (κ3) is 4.35. The summed E-state index contributed by atoms with van der Waals surface area (Å²) in [5, 5.41) is 3.04. The van der Waals surface area contributed by atoms with Crippen LogP contribution in [0.25, 0.3) is 11.0 Å². The highest BCUT2D eigenvalue weighted by Crippen LogP contribution is 2.29. The van der Waals surface area contributed by atoms with E-state index in [-0.39, 0.29) is 11.1 Å². The van der Waals surface area contributed by atoms with Crippen molar-refractivity contribution in [1.82, 2.24) is 0 Å². The summed E-state index contributed by atoms with van der Waals surface area (Å²) in [6.45, 7) is -0.616. The van der Waals surface area contributed by atoms with Gasteiger partial charge in [0, 0.05) is 11.5 Å². The zero-order valence-corrected chi connectivity index (χ0v) is 16.5. The zero-order valence-electron chi connectivity index (χ0n) is 16.5. The lowest BCUT2D eigenvalue weighted by molar-refractivity contribution is -0.119. The summed E-state index contributed by atoms with van der Waals surface area (Å²) in [7, 11) is 4.37. The first-order chi connectivity index (χ1) is 14.5. The number of para-hydroxylation sites is 1. The van der Waals surface area contributed by atoms with Gasteiger partial charge in [0.2, 0.25) is 0 Å². The summed E-state index contributed by atoms with van der Waals surface area (Å²) < 4.78 is 25.6. The molecule has 0 unspecified atom stereocenters. The van der Waals surface area contributed by atoms with Crippen LogP contribution in [0.4, 0.5) is 5.69 Å². The van der Waals surface area contributed by atoms with Crippen LogP contribution < -0.4 is 25.2 Å². The largest absolute Gasteiger partial charge is 0.497 e. The van der Waals surface area contributed by atoms with E-state index in [4.69, 9.17) is 23.4 Å². The molecule has 0 bridgehead atoms. The molecule has 0 saturated heterocycles. The monoisotopic (exact) mass is 413 g/mol. The number of rotatable bonds is 7. The number of amides is 1. The molecule has 30 heavy (non-hydrogen) atoms. The van der Waals surface area contributed by atoms with Gasteiger partial charge in [-0.15, -0.1) is 0 Å². The van der Waals surface area contributed by atoms with Crippen molar-refractivity contribution in [1.29, 1.82) is 0 Å². The minimum Gasteiger partial charge on any atom is -0.497 e. The first-order valence-electron chi connectivity index (χ1n) is 8.76. The van der Waals surface area contributed by atoms with Crippen LogP contribution in [-0.4, -0.2) is 39.8 Å². The summed E-state index contributed by atoms with van der Waals surface area (Å²) in [4.78, 5) is 36.7. The molecule has 0 aliphatic carbocycles. The Bertz CT molecular complexity index is 1150. The molecule has 1 heterocycles. The molecule has 1 amide bonds. The van der Waals surface area contributed by atoms with Crippen molar-refractivity contribution in [2.75, 3.05) is 33.3 Å². The van der Waals surface area contributed by atoms with Crippen LogP contribution in [-0.2, 0) is 9.53 Å². The van der Waals surface area contributed by atoms with Gasteiger partial charge in [-0.3, -0.25) is 4.79 Å². The molecular weight excluding hydrogens is 394 g/mol. The standard InChI is InChI=1S/C21H19NO8/c1-26-13-7-8-16(27-2)15(10-13)22-18(23)11-29-20(24)14-9-12-5-4-6-17(28-3)19(12)30-21(14)25/h4-10H,11H2,1-3H3,(H,22,23). The van der Waals surface area contributed by atoms with Gasteiger partial charge in [-0.1, -0.05) is 12.1 Å². The van der Waals surface area contributed by atoms with E-state index in [0.717, 1.165) is 0 Å². The number of benzene rings is 2. The van der Waals surface area contributed by atoms with Crippen molar-refractivity contribution in [3.05, 3.63) is 58.4 Å². The summed E-state index contributed by atoms with van der Waals surface area (Å²) in [5.41, 5.74) is -0.672. The first kappa shape index (κ1) is 20.7. The SMILES string of the molecule is COc1ccc(OC)c(NC(=O)COC(=O)c2cc3cccc(OC)c3oc2=O)c1. The molecule has 0 saturated carbocycles. The van der Waals surface area contributed by atoms with Crippen molar-refractivity contribution in [2.24, 2.45) is 0 Å². The van der Waals surface area contributed by atoms with Gasteiger partial charge >= 0.3 is 11.6 Å². The van der Waals surface area contributed by atoms with Gasteiger partial charge in [0.25, 0.3) is 5.91 Å². The predicted molar refractivity (Wildman–Crippen MR) is 107 cm³/mol. The summed E-state index contributed by atoms with van der Waals surface area (Å²) in [6.07, 6.45) is 0. The lowest BCUT2D eigenvalue weighted by Gasteiger charge is -2.12. The normalized spacial score (nSPS) is 10.4. The van der Waals surface area contributed by atoms with E-state index < -0.39 is 24.1 Å². The molecule has 1 N–H and O–H groups in total. The molecule has 0 aliphatic rings. The van der Waals surface area contributed by atoms with Crippen molar-refractivity contribution in [2.45, 2.75) is 0 Å². The van der Waals surface area contributed by atoms with E-state index in [1.54, 1.807) is 36.4 Å². The lowest BCUT2D eigenvalue weighted by Crippen LogP contribution is -2.23. The highest BCUT2D eigenvalue weighted by Gasteiger charge is 2.18. The highest BCUT2D eigenvalue weighted by atomic mass is 16.5. The number of carbonyl (C=O) groups excluding carboxylic acids is 2. The molecular formula is C21H19NO8. The minimum atomic E-state index is -0.985. The number of fused-ring (bicyclic) bond motifs is 1. The Morgan fingerprint density at radius 2 is 1.73 bits per heavy atom. The van der Waals surface area contributed by atoms with Crippen molar-refractivity contribution >= 4 is 28.5 Å². The molecule has 9 nitrogen and oxygen atoms in total. The third-order valence-corrected chi connectivity index (χ3v) is 4.18. The predicted octanol–water partition coefficient (Wildman–Crippen LogP) is 2.61. The van der Waals surface area contributed by atoms with Crippen molar-refractivity contribution in [3.8, 4) is 17.2 Å². The van der Waals surface area contributed by atoms with Crippen molar-refractivity contribution in [3.63, 3.8) is 0 Å². The van der Waals surface area contributed by atoms with Gasteiger partial charge in [-0.2, -0.15) is 0 Å². The lowest BCUT2D eigenvalue weighted by atomic mass is 10.2. The van der Waals surface area contributed by atoms with Gasteiger partial charge in [0.15, 0.2) is 17.9 Å². The number of methoxy groups -OCH3 is 3. The Kier molecular flexibility index (Phi) is 6.21. The molecule has 9 heteroatoms. The van der Waals surface area contributed by atoms with Gasteiger partial charge in [-0.05, 0) is 24.3 Å². The molecule has 0 fully saturated rings. The molecule has 156 valence electrons. The minimum absolute atomic E-state index is 0.212. The molecule has 3 rings (SSSR count). The Labute approximate surface area is 171 Å². The second kappa shape index (κ2) is 8.99. The van der Waals surface area contributed by atoms with E-state index in [9.17, 15) is 14.4 Å². The zero-order chi connectivity index (χ0) is 21.7. The Hall–Kier alpha value is -4.01. The number of hydrogen-bond acceptors (Lipinski definition) is 8. The van der Waals surface area contributed by atoms with E-state index in [2.05, 4.69) is 5.32 Å². The molecule has 1 aromatic heterocycles. The van der Waals surface area contributed by atoms with E-state index in [0.29, 0.717) is 28.3 Å². The van der Waals surface area contributed by atoms with Crippen molar-refractivity contribution < 1.29 is 33.0 Å². The van der Waals surface area contributed by atoms with E-state index in [1.807, 2.05) is 0 Å². The molecule has 0 radical (unpaired) electrons. The van der Waals surface area contributed by atoms with Crippen LogP contribution in [0.2, 0.25) is 0 Å². The maximum absolute atomic E-state index is 12.3. The van der Waals surface area contributed by atoms with Crippen LogP contribution in [0.3, 0.4) is 0 Å². The molecule has 0 aliphatic heterocycles. The van der Waals surface area contributed by atoms with Gasteiger partial charge in [0.1, 0.15) is 17.1 Å². The van der Waals surface area contributed by atoms with E-state index >= 15 is 0 Å². The molecule has 3 aromatic rings. The average Bonchev–Trinajstić information content (AvgIpc) is 2.76. The second-order valence-electron chi connectivity index (χ2n) is 6.02. The number of nitrogens with one attached hydrogen (secondary N) is 1. The summed E-state index contributed by atoms with van der Waals surface area (Å²) >= 11 is 0. The Morgan fingerprint density at radius 1 is 0.967 bits per heavy atom. The van der Waals surface area contributed by atoms with Crippen LogP contribution >= 0.6 is 0 Å². The maximum atomic E-state index is 12.3. The number of hydrogen-bond donors (Lipinski definition) is 1. The number of anilines is 1. The molecule has 0 atom stereocenters. The fourth-order valence-corrected chi connectivity index (χ4v) is 2.73. The summed E-state index contributed by atoms with van der Waals surface area (Å²) in [6, 6.07) is 11.1. The Balaban J connectivity index is 1.72. The fourth-order valence-electron chi connectivity index (χ4n) is 2.73. The second-order valence-corrected chi connectivity index (χ2v) is 6.02. The Morgan fingerprint density at radius 3 is 2.43 bits per heavy atom. The average molecular weight is 413 g/mol. The first-order valence-corrected chi connectivity index (χ1v) is 8.76. The fraction of sp³-hybridized carbons (Fsp3) is 0.190. The van der Waals surface area contributed by atoms with Crippen LogP contribution in [0.1, 0.15) is 10.4 Å². The van der Waals surface area contributed by atoms with Gasteiger partial charge in [0.05, 0.1) is 27.0 Å². The van der Waals surface area contributed by atoms with Crippen LogP contribution in [0.15, 0.2) is 51.7 Å². The summed E-state index contributed by atoms with van der Waals surface area (Å²) in [5.74, 6) is -0.342. The topological polar surface area (TPSA) is 113 Å². The highest BCUT2D eigenvalue weighted by molar-refractivity contribution is 5.97. The third-order valence-electron chi connectivity index (χ3n) is 4.18. The van der Waals surface area contributed by atoms with Gasteiger partial charge in [-0.25, -0.2) is 9.59 Å². The number of esters is 1. The number of carbonyl (C=O) groups is 2. The van der Waals surface area contributed by atoms with Crippen LogP contribution in [0, 0.1) is 0 Å². The maximum Gasteiger partial charge on any atom is 0.351 e. The quantitative estimate of drug-likeness (QED) is 0.465. The molecule has 0 spiro atoms. The number of ether oxygens (including phenoxy) is 4. The molecule has 2 aromatic carbocycles.